The van der Waals surface area contributed by atoms with Crippen molar-refractivity contribution >= 4 is 5.97 Å². The standard InChI is InChI=1S/C16H25NO2/c1-7-14(10-9-11-17(5)6)16(18)19-15(8-2)12-13(3)4/h7-10,12H,11H2,1-6H3/b10-9-,14-7+,15-8+. The van der Waals surface area contributed by atoms with E-state index in [2.05, 4.69) is 0 Å². The summed E-state index contributed by atoms with van der Waals surface area (Å²) in [7, 11) is 3.95. The zero-order chi connectivity index (χ0) is 14.8. The number of rotatable bonds is 6. The predicted octanol–water partition coefficient (Wildman–Crippen LogP) is 3.46. The normalized spacial score (nSPS) is 13.0. The molecular formula is C16H25NO2. The van der Waals surface area contributed by atoms with Crippen molar-refractivity contribution in [3.63, 3.8) is 0 Å². The molecule has 0 atom stereocenters. The fraction of sp³-hybridized carbons (Fsp3) is 0.438. The van der Waals surface area contributed by atoms with Crippen LogP contribution in [-0.2, 0) is 9.53 Å². The molecule has 3 nitrogen and oxygen atoms in total. The Bertz CT molecular complexity index is 408. The SMILES string of the molecule is C/C=C(\C=C(C)C)OC(=O)C(/C=C\CN(C)C)=C/C. The number of ether oxygens (including phenoxy) is 1. The van der Waals surface area contributed by atoms with Crippen molar-refractivity contribution in [1.82, 2.24) is 4.90 Å². The Hall–Kier alpha value is -1.61. The van der Waals surface area contributed by atoms with E-state index in [0.29, 0.717) is 11.3 Å². The van der Waals surface area contributed by atoms with Crippen molar-refractivity contribution in [3.8, 4) is 0 Å². The molecule has 0 amide bonds. The maximum atomic E-state index is 12.0. The van der Waals surface area contributed by atoms with Crippen LogP contribution in [0, 0.1) is 0 Å². The Balaban J connectivity index is 4.71. The lowest BCUT2D eigenvalue weighted by atomic mass is 10.2. The maximum Gasteiger partial charge on any atom is 0.343 e. The summed E-state index contributed by atoms with van der Waals surface area (Å²) >= 11 is 0. The van der Waals surface area contributed by atoms with Crippen LogP contribution in [-0.4, -0.2) is 31.5 Å². The fourth-order valence-corrected chi connectivity index (χ4v) is 1.29. The van der Waals surface area contributed by atoms with E-state index in [-0.39, 0.29) is 5.97 Å². The average Bonchev–Trinajstić information content (AvgIpc) is 2.32. The van der Waals surface area contributed by atoms with Gasteiger partial charge in [-0.25, -0.2) is 4.79 Å². The molecule has 0 aromatic rings. The van der Waals surface area contributed by atoms with Crippen LogP contribution in [0.5, 0.6) is 0 Å². The van der Waals surface area contributed by atoms with Crippen LogP contribution < -0.4 is 0 Å². The largest absolute Gasteiger partial charge is 0.423 e. The molecule has 0 saturated carbocycles. The van der Waals surface area contributed by atoms with E-state index in [4.69, 9.17) is 4.74 Å². The maximum absolute atomic E-state index is 12.0. The predicted molar refractivity (Wildman–Crippen MR) is 80.7 cm³/mol. The number of hydrogen-bond acceptors (Lipinski definition) is 3. The lowest BCUT2D eigenvalue weighted by Crippen LogP contribution is -2.11. The van der Waals surface area contributed by atoms with Gasteiger partial charge in [-0.15, -0.1) is 0 Å². The third-order valence-corrected chi connectivity index (χ3v) is 2.24. The number of carbonyl (C=O) groups excluding carboxylic acids is 1. The molecule has 0 aliphatic heterocycles. The van der Waals surface area contributed by atoms with Crippen molar-refractivity contribution in [2.24, 2.45) is 0 Å². The van der Waals surface area contributed by atoms with Gasteiger partial charge in [-0.2, -0.15) is 0 Å². The Morgan fingerprint density at radius 2 is 1.79 bits per heavy atom. The molecule has 0 N–H and O–H groups in total. The second-order valence-corrected chi connectivity index (χ2v) is 4.71. The Labute approximate surface area is 116 Å². The number of esters is 1. The number of carbonyl (C=O) groups is 1. The van der Waals surface area contributed by atoms with Gasteiger partial charge in [0.15, 0.2) is 0 Å². The molecule has 3 heteroatoms. The van der Waals surface area contributed by atoms with Gasteiger partial charge in [-0.3, -0.25) is 0 Å². The Kier molecular flexibility index (Phi) is 8.55. The summed E-state index contributed by atoms with van der Waals surface area (Å²) < 4.78 is 5.33. The van der Waals surface area contributed by atoms with E-state index in [0.717, 1.165) is 12.1 Å². The minimum absolute atomic E-state index is 0.330. The molecule has 0 radical (unpaired) electrons. The minimum atomic E-state index is -0.330. The smallest absolute Gasteiger partial charge is 0.343 e. The van der Waals surface area contributed by atoms with Crippen molar-refractivity contribution in [2.45, 2.75) is 27.7 Å². The highest BCUT2D eigenvalue weighted by molar-refractivity contribution is 5.92. The monoisotopic (exact) mass is 263 g/mol. The summed E-state index contributed by atoms with van der Waals surface area (Å²) in [6, 6.07) is 0. The van der Waals surface area contributed by atoms with Gasteiger partial charge in [0, 0.05) is 6.54 Å². The molecule has 0 spiro atoms. The van der Waals surface area contributed by atoms with Gasteiger partial charge >= 0.3 is 5.97 Å². The second kappa shape index (κ2) is 9.34. The van der Waals surface area contributed by atoms with E-state index in [1.54, 1.807) is 18.2 Å². The van der Waals surface area contributed by atoms with Gasteiger partial charge in [0.05, 0.1) is 5.57 Å². The van der Waals surface area contributed by atoms with E-state index in [1.165, 1.54) is 0 Å². The molecule has 0 aromatic carbocycles. The first-order valence-electron chi connectivity index (χ1n) is 6.41. The first kappa shape index (κ1) is 17.4. The van der Waals surface area contributed by atoms with Gasteiger partial charge in [0.2, 0.25) is 0 Å². The van der Waals surface area contributed by atoms with Crippen molar-refractivity contribution < 1.29 is 9.53 Å². The Morgan fingerprint density at radius 3 is 2.21 bits per heavy atom. The second-order valence-electron chi connectivity index (χ2n) is 4.71. The molecule has 0 unspecified atom stereocenters. The molecule has 0 aliphatic carbocycles. The summed E-state index contributed by atoms with van der Waals surface area (Å²) in [5, 5.41) is 0. The number of likely N-dealkylation sites (N-methyl/N-ethyl adjacent to an activating group) is 1. The number of nitrogens with zero attached hydrogens (tertiary/aromatic N) is 1. The summed E-state index contributed by atoms with van der Waals surface area (Å²) in [5.41, 5.74) is 1.65. The van der Waals surface area contributed by atoms with Crippen molar-refractivity contribution in [3.05, 3.63) is 47.3 Å². The number of hydrogen-bond donors (Lipinski definition) is 0. The zero-order valence-electron chi connectivity index (χ0n) is 12.9. The van der Waals surface area contributed by atoms with E-state index in [9.17, 15) is 4.79 Å². The third-order valence-electron chi connectivity index (χ3n) is 2.24. The Morgan fingerprint density at radius 1 is 1.16 bits per heavy atom. The lowest BCUT2D eigenvalue weighted by molar-refractivity contribution is -0.134. The van der Waals surface area contributed by atoms with E-state index < -0.39 is 0 Å². The summed E-state index contributed by atoms with van der Waals surface area (Å²) in [6.07, 6.45) is 9.10. The van der Waals surface area contributed by atoms with E-state index >= 15 is 0 Å². The van der Waals surface area contributed by atoms with Crippen LogP contribution in [0.3, 0.4) is 0 Å². The van der Waals surface area contributed by atoms with Gasteiger partial charge in [-0.1, -0.05) is 23.8 Å². The topological polar surface area (TPSA) is 29.5 Å². The first-order chi connectivity index (χ1) is 8.90. The lowest BCUT2D eigenvalue weighted by Gasteiger charge is -2.07. The van der Waals surface area contributed by atoms with Crippen LogP contribution in [0.1, 0.15) is 27.7 Å². The van der Waals surface area contributed by atoms with Gasteiger partial charge in [-0.05, 0) is 53.9 Å². The van der Waals surface area contributed by atoms with Gasteiger partial charge in [0.1, 0.15) is 5.76 Å². The summed E-state index contributed by atoms with van der Waals surface area (Å²) in [5.74, 6) is 0.244. The molecule has 0 rings (SSSR count). The van der Waals surface area contributed by atoms with Crippen LogP contribution >= 0.6 is 0 Å². The van der Waals surface area contributed by atoms with Crippen molar-refractivity contribution in [1.29, 1.82) is 0 Å². The first-order valence-corrected chi connectivity index (χ1v) is 6.41. The summed E-state index contributed by atoms with van der Waals surface area (Å²) in [4.78, 5) is 14.0. The number of allylic oxidation sites excluding steroid dienone is 4. The third kappa shape index (κ3) is 8.16. The molecule has 0 bridgehead atoms. The van der Waals surface area contributed by atoms with Crippen molar-refractivity contribution in [2.75, 3.05) is 20.6 Å². The molecule has 19 heavy (non-hydrogen) atoms. The quantitative estimate of drug-likeness (QED) is 0.318. The van der Waals surface area contributed by atoms with Crippen LogP contribution in [0.25, 0.3) is 0 Å². The average molecular weight is 263 g/mol. The van der Waals surface area contributed by atoms with Gasteiger partial charge in [0.25, 0.3) is 0 Å². The van der Waals surface area contributed by atoms with Gasteiger partial charge < -0.3 is 9.64 Å². The van der Waals surface area contributed by atoms with Crippen LogP contribution in [0.4, 0.5) is 0 Å². The fourth-order valence-electron chi connectivity index (χ4n) is 1.29. The highest BCUT2D eigenvalue weighted by atomic mass is 16.5. The molecule has 0 saturated heterocycles. The highest BCUT2D eigenvalue weighted by Gasteiger charge is 2.08. The molecule has 0 heterocycles. The molecule has 0 aromatic heterocycles. The minimum Gasteiger partial charge on any atom is -0.423 e. The molecule has 106 valence electrons. The molecule has 0 aliphatic rings. The zero-order valence-corrected chi connectivity index (χ0v) is 12.9. The summed E-state index contributed by atoms with van der Waals surface area (Å²) in [6.45, 7) is 8.39. The van der Waals surface area contributed by atoms with E-state index in [1.807, 2.05) is 58.8 Å². The van der Waals surface area contributed by atoms with Crippen LogP contribution in [0.15, 0.2) is 47.3 Å². The molecule has 0 fully saturated rings. The molecular weight excluding hydrogens is 238 g/mol. The van der Waals surface area contributed by atoms with Crippen LogP contribution in [0.2, 0.25) is 0 Å². The highest BCUT2D eigenvalue weighted by Crippen LogP contribution is 2.09.